The van der Waals surface area contributed by atoms with Gasteiger partial charge in [-0.3, -0.25) is 19.7 Å². The van der Waals surface area contributed by atoms with E-state index in [9.17, 15) is 29.3 Å². The first kappa shape index (κ1) is 66.9. The van der Waals surface area contributed by atoms with Gasteiger partial charge in [0.2, 0.25) is 17.7 Å². The largest absolute Gasteiger partial charge is 0.494 e. The lowest BCUT2D eigenvalue weighted by molar-refractivity contribution is -0.384. The molecule has 0 aliphatic carbocycles. The van der Waals surface area contributed by atoms with Crippen molar-refractivity contribution < 1.29 is 62.0 Å². The number of esters is 2. The lowest BCUT2D eigenvalue weighted by Crippen LogP contribution is -2.33. The van der Waals surface area contributed by atoms with E-state index in [2.05, 4.69) is 51.8 Å². The molecule has 0 unspecified atom stereocenters. The van der Waals surface area contributed by atoms with Gasteiger partial charge in [0.25, 0.3) is 0 Å². The summed E-state index contributed by atoms with van der Waals surface area (Å²) in [7, 11) is 0. The summed E-state index contributed by atoms with van der Waals surface area (Å²) in [6.45, 7) is 17.6. The van der Waals surface area contributed by atoms with Gasteiger partial charge < -0.3 is 75.5 Å². The van der Waals surface area contributed by atoms with Crippen molar-refractivity contribution >= 4 is 81.8 Å². The van der Waals surface area contributed by atoms with Crippen LogP contribution < -0.4 is 56.6 Å². The van der Waals surface area contributed by atoms with Gasteiger partial charge in [0, 0.05) is 48.7 Å². The minimum atomic E-state index is -0.567. The number of nitrogen functional groups attached to an aromatic ring is 1. The Kier molecular flexibility index (Phi) is 27.0. The molecule has 26 nitrogen and oxygen atoms in total. The third-order valence-corrected chi connectivity index (χ3v) is 11.0. The summed E-state index contributed by atoms with van der Waals surface area (Å²) in [6.07, 6.45) is 4.68. The maximum atomic E-state index is 11.7. The molecule has 2 aromatic heterocycles. The number of nitrogens with two attached hydrogens (primary N) is 1. The molecule has 0 saturated carbocycles. The molecular formula is C60H78N12O14. The molecule has 86 heavy (non-hydrogen) atoms. The molecule has 0 aliphatic heterocycles. The van der Waals surface area contributed by atoms with E-state index in [0.29, 0.717) is 137 Å². The van der Waals surface area contributed by atoms with Crippen LogP contribution in [0.25, 0.3) is 0 Å². The lowest BCUT2D eigenvalue weighted by Gasteiger charge is -2.19. The average Bonchev–Trinajstić information content (AvgIpc) is 2.86. The fourth-order valence-corrected chi connectivity index (χ4v) is 7.10. The summed E-state index contributed by atoms with van der Waals surface area (Å²) in [5.74, 6) is 3.11. The van der Waals surface area contributed by atoms with E-state index in [1.54, 1.807) is 83.1 Å². The second-order valence-corrected chi connectivity index (χ2v) is 20.6. The number of nitro groups is 1. The van der Waals surface area contributed by atoms with Crippen molar-refractivity contribution in [3.63, 3.8) is 0 Å². The van der Waals surface area contributed by atoms with Crippen LogP contribution in [0.4, 0.5) is 67.2 Å². The van der Waals surface area contributed by atoms with Crippen LogP contribution in [0.15, 0.2) is 109 Å². The zero-order chi connectivity index (χ0) is 62.3. The predicted molar refractivity (Wildman–Crippen MR) is 325 cm³/mol. The van der Waals surface area contributed by atoms with E-state index in [4.69, 9.17) is 43.6 Å². The van der Waals surface area contributed by atoms with Gasteiger partial charge >= 0.3 is 29.8 Å². The first-order valence-corrected chi connectivity index (χ1v) is 28.0. The van der Waals surface area contributed by atoms with Crippen molar-refractivity contribution in [1.29, 1.82) is 0 Å². The molecule has 0 atom stereocenters. The summed E-state index contributed by atoms with van der Waals surface area (Å²) >= 11 is 0. The van der Waals surface area contributed by atoms with E-state index in [0.717, 1.165) is 17.6 Å². The highest BCUT2D eigenvalue weighted by Gasteiger charge is 2.20. The van der Waals surface area contributed by atoms with E-state index in [1.165, 1.54) is 6.20 Å². The number of alkyl carbamates (subject to hydrolysis) is 2. The van der Waals surface area contributed by atoms with Gasteiger partial charge in [-0.15, -0.1) is 0 Å². The molecule has 6 rings (SSSR count). The van der Waals surface area contributed by atoms with E-state index < -0.39 is 28.3 Å². The number of ether oxygens (including phenoxy) is 8. The van der Waals surface area contributed by atoms with Crippen LogP contribution >= 0.6 is 0 Å². The number of anilines is 9. The van der Waals surface area contributed by atoms with Crippen LogP contribution in [0, 0.1) is 10.1 Å². The topological polar surface area (TPSA) is 335 Å². The van der Waals surface area contributed by atoms with Gasteiger partial charge in [-0.05, 0) is 178 Å². The fourth-order valence-electron chi connectivity index (χ4n) is 7.10. The van der Waals surface area contributed by atoms with Crippen molar-refractivity contribution in [1.82, 2.24) is 30.6 Å². The molecule has 0 aliphatic rings. The van der Waals surface area contributed by atoms with Crippen molar-refractivity contribution in [2.75, 3.05) is 79.7 Å². The van der Waals surface area contributed by atoms with E-state index >= 15 is 0 Å². The number of carbonyl (C=O) groups is 4. The molecule has 26 heteroatoms. The van der Waals surface area contributed by atoms with Gasteiger partial charge in [0.1, 0.15) is 40.4 Å². The highest BCUT2D eigenvalue weighted by molar-refractivity contribution is 5.72. The van der Waals surface area contributed by atoms with Crippen LogP contribution in [0.2, 0.25) is 0 Å². The zero-order valence-electron chi connectivity index (χ0n) is 49.8. The maximum Gasteiger partial charge on any atom is 0.407 e. The zero-order valence-corrected chi connectivity index (χ0v) is 49.8. The van der Waals surface area contributed by atoms with Gasteiger partial charge in [0.05, 0.1) is 56.4 Å². The maximum absolute atomic E-state index is 11.7. The summed E-state index contributed by atoms with van der Waals surface area (Å²) in [6, 6.07) is 28.6. The summed E-state index contributed by atoms with van der Waals surface area (Å²) in [5.41, 5.74) is 7.87. The highest BCUT2D eigenvalue weighted by Crippen LogP contribution is 2.29. The predicted octanol–water partition coefficient (Wildman–Crippen LogP) is 11.4. The Labute approximate surface area is 500 Å². The molecule has 8 N–H and O–H groups in total. The number of amides is 2. The fraction of sp³-hybridized carbons (Fsp3) is 0.400. The second kappa shape index (κ2) is 34.7. The smallest absolute Gasteiger partial charge is 0.407 e. The Balaban J connectivity index is 0.000000314. The lowest BCUT2D eigenvalue weighted by atomic mass is 10.2. The standard InChI is InChI=1S/C30H38N6O8.C30H40N6O6/c1-5-41-26(37)8-6-18-42-23-13-9-21(10-14-23)33-27-25(36(39)40)20-32-28(35-27)34-22-11-15-24(16-12-22)43-19-7-17-31-29(38)44-30(2,3)4;1-5-39-26(37)8-6-18-40-23-13-9-21(10-14-23)34-27-25(31)20-33-28(36-27)35-22-11-15-24(16-12-22)41-19-7-17-32-29(38)42-30(2,3)4/h9-16,20H,5-8,17-19H2,1-4H3,(H,31,38)(H2,32,33,34,35);9-16,20H,5-8,17-19,31H2,1-4H3,(H,32,38)(H2,33,34,35,36). The first-order chi connectivity index (χ1) is 41.1. The van der Waals surface area contributed by atoms with Crippen LogP contribution in [0.1, 0.15) is 93.9 Å². The molecule has 6 aromatic rings. The molecule has 4 aromatic carbocycles. The summed E-state index contributed by atoms with van der Waals surface area (Å²) in [4.78, 5) is 74.4. The highest BCUT2D eigenvalue weighted by atomic mass is 16.6. The number of nitrogens with zero attached hydrogens (tertiary/aromatic N) is 5. The SMILES string of the molecule is CCOC(=O)CCCOc1ccc(Nc2nc(Nc3ccc(OCCCNC(=O)OC(C)(C)C)cc3)ncc2N)cc1.CCOC(=O)CCCOc1ccc(Nc2nc(Nc3ccc(OCCCNC(=O)OC(C)(C)C)cc3)ncc2[N+](=O)[O-])cc1. The van der Waals surface area contributed by atoms with Crippen LogP contribution in [-0.2, 0) is 28.5 Å². The van der Waals surface area contributed by atoms with Gasteiger partial charge in [-0.1, -0.05) is 0 Å². The molecule has 0 radical (unpaired) electrons. The molecule has 0 spiro atoms. The quantitative estimate of drug-likeness (QED) is 0.00699. The van der Waals surface area contributed by atoms with Crippen molar-refractivity contribution in [2.45, 2.75) is 105 Å². The van der Waals surface area contributed by atoms with Crippen molar-refractivity contribution in [2.24, 2.45) is 0 Å². The molecular weight excluding hydrogens is 1110 g/mol. The first-order valence-electron chi connectivity index (χ1n) is 28.0. The molecule has 2 heterocycles. The normalized spacial score (nSPS) is 10.8. The molecule has 0 bridgehead atoms. The van der Waals surface area contributed by atoms with Crippen molar-refractivity contribution in [3.05, 3.63) is 120 Å². The van der Waals surface area contributed by atoms with Gasteiger partial charge in [-0.25, -0.2) is 19.6 Å². The minimum absolute atomic E-state index is 0.00977. The molecule has 462 valence electrons. The number of benzene rings is 4. The van der Waals surface area contributed by atoms with Crippen LogP contribution in [0.3, 0.4) is 0 Å². The van der Waals surface area contributed by atoms with E-state index in [-0.39, 0.29) is 35.8 Å². The van der Waals surface area contributed by atoms with E-state index in [1.807, 2.05) is 69.3 Å². The number of carbonyl (C=O) groups excluding carboxylic acids is 4. The Morgan fingerprint density at radius 1 is 0.500 bits per heavy atom. The number of hydrogen-bond donors (Lipinski definition) is 7. The monoisotopic (exact) mass is 1190 g/mol. The Hall–Kier alpha value is -9.88. The van der Waals surface area contributed by atoms with Crippen LogP contribution in [0.5, 0.6) is 23.0 Å². The Morgan fingerprint density at radius 2 is 0.837 bits per heavy atom. The van der Waals surface area contributed by atoms with Gasteiger partial charge in [0.15, 0.2) is 5.82 Å². The van der Waals surface area contributed by atoms with Crippen LogP contribution in [-0.4, -0.2) is 113 Å². The summed E-state index contributed by atoms with van der Waals surface area (Å²) < 4.78 is 43.0. The van der Waals surface area contributed by atoms with Crippen molar-refractivity contribution in [3.8, 4) is 23.0 Å². The summed E-state index contributed by atoms with van der Waals surface area (Å²) in [5, 5.41) is 29.3. The number of aromatic nitrogens is 4. The molecule has 0 saturated heterocycles. The second-order valence-electron chi connectivity index (χ2n) is 20.6. The number of nitrogens with one attached hydrogen (secondary N) is 6. The Bertz CT molecular complexity index is 3070. The third-order valence-electron chi connectivity index (χ3n) is 11.0. The average molecular weight is 1190 g/mol. The Morgan fingerprint density at radius 3 is 1.20 bits per heavy atom. The minimum Gasteiger partial charge on any atom is -0.494 e. The number of hydrogen-bond acceptors (Lipinski definition) is 23. The number of rotatable bonds is 31. The van der Waals surface area contributed by atoms with Gasteiger partial charge in [-0.2, -0.15) is 9.97 Å². The molecule has 2 amide bonds. The third kappa shape index (κ3) is 26.6. The molecule has 0 fully saturated rings.